The number of nitrogens with zero attached hydrogens (tertiary/aromatic N) is 5. The van der Waals surface area contributed by atoms with Crippen molar-refractivity contribution in [2.45, 2.75) is 90.1 Å². The molecule has 1 saturated carbocycles. The minimum Gasteiger partial charge on any atom is -0.394 e. The maximum atomic E-state index is 12.9. The molecule has 0 spiro atoms. The summed E-state index contributed by atoms with van der Waals surface area (Å²) in [5.74, 6) is -0.0474. The summed E-state index contributed by atoms with van der Waals surface area (Å²) in [6.07, 6.45) is 8.18. The number of likely N-dealkylation sites (N-methyl/N-ethyl adjacent to an activating group) is 1. The topological polar surface area (TPSA) is 113 Å². The highest BCUT2D eigenvalue weighted by molar-refractivity contribution is 5.76. The van der Waals surface area contributed by atoms with Crippen LogP contribution >= 0.6 is 0 Å². The molecule has 2 bridgehead atoms. The summed E-state index contributed by atoms with van der Waals surface area (Å²) in [5.41, 5.74) is 0.729. The minimum absolute atomic E-state index is 0.00475. The van der Waals surface area contributed by atoms with Gasteiger partial charge in [-0.3, -0.25) is 9.48 Å². The van der Waals surface area contributed by atoms with Crippen LogP contribution in [0.5, 0.6) is 0 Å². The van der Waals surface area contributed by atoms with E-state index in [1.807, 2.05) is 20.0 Å². The van der Waals surface area contributed by atoms with Gasteiger partial charge in [-0.15, -0.1) is 5.10 Å². The summed E-state index contributed by atoms with van der Waals surface area (Å²) < 4.78 is 7.96. The molecule has 10 nitrogen and oxygen atoms in total. The van der Waals surface area contributed by atoms with E-state index in [-0.39, 0.29) is 49.3 Å². The van der Waals surface area contributed by atoms with Gasteiger partial charge in [0.15, 0.2) is 0 Å². The molecule has 3 amide bonds. The maximum Gasteiger partial charge on any atom is 0.317 e. The molecule has 10 heteroatoms. The van der Waals surface area contributed by atoms with Crippen molar-refractivity contribution >= 4 is 11.9 Å². The molecule has 1 aromatic heterocycles. The number of amides is 3. The number of urea groups is 1. The van der Waals surface area contributed by atoms with Gasteiger partial charge in [-0.1, -0.05) is 31.4 Å². The number of hydrogen-bond acceptors (Lipinski definition) is 6. The summed E-state index contributed by atoms with van der Waals surface area (Å²) >= 11 is 0. The van der Waals surface area contributed by atoms with Gasteiger partial charge in [0.1, 0.15) is 5.69 Å². The Morgan fingerprint density at radius 1 is 1.33 bits per heavy atom. The lowest BCUT2D eigenvalue weighted by molar-refractivity contribution is -0.136. The van der Waals surface area contributed by atoms with Gasteiger partial charge in [-0.05, 0) is 26.2 Å². The molecule has 3 atom stereocenters. The van der Waals surface area contributed by atoms with Crippen LogP contribution < -0.4 is 5.32 Å². The van der Waals surface area contributed by atoms with Crippen LogP contribution in [0.15, 0.2) is 6.20 Å². The molecule has 0 radical (unpaired) electrons. The minimum atomic E-state index is -0.306. The van der Waals surface area contributed by atoms with E-state index >= 15 is 0 Å². The third-order valence-electron chi connectivity index (χ3n) is 6.78. The quantitative estimate of drug-likeness (QED) is 0.687. The zero-order valence-electron chi connectivity index (χ0n) is 20.3. The Morgan fingerprint density at radius 3 is 2.82 bits per heavy atom. The lowest BCUT2D eigenvalue weighted by Gasteiger charge is -2.35. The Kier molecular flexibility index (Phi) is 9.49. The van der Waals surface area contributed by atoms with Crippen LogP contribution in [-0.4, -0.2) is 86.8 Å². The Labute approximate surface area is 196 Å². The van der Waals surface area contributed by atoms with Crippen molar-refractivity contribution in [1.82, 2.24) is 30.1 Å². The number of carbonyl (C=O) groups excluding carboxylic acids is 2. The molecule has 0 unspecified atom stereocenters. The molecular formula is C23H40N6O4. The van der Waals surface area contributed by atoms with Crippen molar-refractivity contribution in [2.24, 2.45) is 5.92 Å². The average Bonchev–Trinajstić information content (AvgIpc) is 3.27. The molecule has 1 aliphatic heterocycles. The fraction of sp³-hybridized carbons (Fsp3) is 0.826. The predicted molar refractivity (Wildman–Crippen MR) is 123 cm³/mol. The SMILES string of the molecule is C[C@H](CO)N1C[C@H](C)[C@H](CN(C)C(=O)NC2CCCCC2)OCc2cn(nn2)CCCC1=O. The van der Waals surface area contributed by atoms with Crippen LogP contribution in [0, 0.1) is 5.92 Å². The van der Waals surface area contributed by atoms with Gasteiger partial charge in [0, 0.05) is 45.1 Å². The van der Waals surface area contributed by atoms with Crippen LogP contribution in [0.3, 0.4) is 0 Å². The summed E-state index contributed by atoms with van der Waals surface area (Å²) in [7, 11) is 1.78. The van der Waals surface area contributed by atoms with E-state index in [0.29, 0.717) is 32.5 Å². The number of aliphatic hydroxyl groups excluding tert-OH is 1. The van der Waals surface area contributed by atoms with Crippen molar-refractivity contribution in [3.63, 3.8) is 0 Å². The van der Waals surface area contributed by atoms with Crippen molar-refractivity contribution in [3.8, 4) is 0 Å². The van der Waals surface area contributed by atoms with Crippen LogP contribution in [-0.2, 0) is 22.7 Å². The first-order valence-corrected chi connectivity index (χ1v) is 12.3. The lowest BCUT2D eigenvalue weighted by atomic mass is 9.96. The molecule has 0 aromatic carbocycles. The number of aromatic nitrogens is 3. The third-order valence-corrected chi connectivity index (χ3v) is 6.78. The second kappa shape index (κ2) is 12.3. The zero-order valence-corrected chi connectivity index (χ0v) is 20.3. The number of ether oxygens (including phenoxy) is 1. The summed E-state index contributed by atoms with van der Waals surface area (Å²) in [4.78, 5) is 29.2. The van der Waals surface area contributed by atoms with Gasteiger partial charge in [-0.25, -0.2) is 4.79 Å². The van der Waals surface area contributed by atoms with Crippen LogP contribution in [0.1, 0.15) is 64.5 Å². The van der Waals surface area contributed by atoms with E-state index in [4.69, 9.17) is 4.74 Å². The third kappa shape index (κ3) is 7.40. The van der Waals surface area contributed by atoms with Gasteiger partial charge in [0.05, 0.1) is 31.6 Å². The van der Waals surface area contributed by atoms with Gasteiger partial charge < -0.3 is 25.0 Å². The molecule has 1 aliphatic carbocycles. The molecule has 2 N–H and O–H groups in total. The number of nitrogens with one attached hydrogen (secondary N) is 1. The Hall–Kier alpha value is -2.20. The fourth-order valence-corrected chi connectivity index (χ4v) is 4.58. The van der Waals surface area contributed by atoms with E-state index < -0.39 is 0 Å². The molecular weight excluding hydrogens is 424 g/mol. The summed E-state index contributed by atoms with van der Waals surface area (Å²) in [6, 6.07) is -0.140. The fourth-order valence-electron chi connectivity index (χ4n) is 4.58. The molecule has 186 valence electrons. The van der Waals surface area contributed by atoms with Crippen molar-refractivity contribution in [2.75, 3.05) is 26.7 Å². The van der Waals surface area contributed by atoms with Crippen LogP contribution in [0.4, 0.5) is 4.79 Å². The number of hydrogen-bond donors (Lipinski definition) is 2. The second-order valence-corrected chi connectivity index (χ2v) is 9.65. The van der Waals surface area contributed by atoms with Gasteiger partial charge in [0.25, 0.3) is 0 Å². The normalized spacial score (nSPS) is 24.4. The Morgan fingerprint density at radius 2 is 2.09 bits per heavy atom. The molecule has 1 aromatic rings. The molecule has 33 heavy (non-hydrogen) atoms. The molecule has 2 aliphatic rings. The number of aliphatic hydroxyl groups is 1. The highest BCUT2D eigenvalue weighted by atomic mass is 16.5. The number of aryl methyl sites for hydroxylation is 1. The van der Waals surface area contributed by atoms with Crippen LogP contribution in [0.2, 0.25) is 0 Å². The average molecular weight is 465 g/mol. The lowest BCUT2D eigenvalue weighted by Crippen LogP contribution is -2.50. The summed E-state index contributed by atoms with van der Waals surface area (Å²) in [5, 5.41) is 21.2. The number of rotatable bonds is 5. The monoisotopic (exact) mass is 464 g/mol. The number of carbonyl (C=O) groups is 2. The highest BCUT2D eigenvalue weighted by Crippen LogP contribution is 2.19. The first-order chi connectivity index (χ1) is 15.9. The van der Waals surface area contributed by atoms with Crippen molar-refractivity contribution < 1.29 is 19.4 Å². The number of fused-ring (bicyclic) bond motifs is 2. The first kappa shape index (κ1) is 25.4. The smallest absolute Gasteiger partial charge is 0.317 e. The molecule has 1 fully saturated rings. The van der Waals surface area contributed by atoms with E-state index in [2.05, 4.69) is 15.6 Å². The molecule has 3 rings (SSSR count). The van der Waals surface area contributed by atoms with E-state index in [0.717, 1.165) is 31.4 Å². The van der Waals surface area contributed by atoms with Crippen LogP contribution in [0.25, 0.3) is 0 Å². The second-order valence-electron chi connectivity index (χ2n) is 9.65. The van der Waals surface area contributed by atoms with Gasteiger partial charge in [0.2, 0.25) is 5.91 Å². The summed E-state index contributed by atoms with van der Waals surface area (Å²) in [6.45, 7) is 5.51. The molecule has 0 saturated heterocycles. The molecule has 2 heterocycles. The first-order valence-electron chi connectivity index (χ1n) is 12.3. The van der Waals surface area contributed by atoms with E-state index in [9.17, 15) is 14.7 Å². The van der Waals surface area contributed by atoms with Gasteiger partial charge in [-0.2, -0.15) is 0 Å². The van der Waals surface area contributed by atoms with E-state index in [1.165, 1.54) is 6.42 Å². The predicted octanol–water partition coefficient (Wildman–Crippen LogP) is 1.78. The van der Waals surface area contributed by atoms with Gasteiger partial charge >= 0.3 is 6.03 Å². The zero-order chi connectivity index (χ0) is 23.8. The maximum absolute atomic E-state index is 12.9. The highest BCUT2D eigenvalue weighted by Gasteiger charge is 2.29. The largest absolute Gasteiger partial charge is 0.394 e. The van der Waals surface area contributed by atoms with Crippen molar-refractivity contribution in [3.05, 3.63) is 11.9 Å². The standard InChI is InChI=1S/C23H40N6O4/c1-17-12-29(18(2)15-30)22(31)10-7-11-28-13-20(25-26-28)16-33-21(17)14-27(3)23(32)24-19-8-5-4-6-9-19/h13,17-19,21,30H,4-12,14-16H2,1-3H3,(H,24,32)/t17-,18+,21-/m0/s1. The van der Waals surface area contributed by atoms with Crippen molar-refractivity contribution in [1.29, 1.82) is 0 Å². The Bertz CT molecular complexity index is 766. The van der Waals surface area contributed by atoms with E-state index in [1.54, 1.807) is 21.5 Å². The Balaban J connectivity index is 1.71.